The van der Waals surface area contributed by atoms with E-state index in [0.717, 1.165) is 21.3 Å². The molecule has 0 radical (unpaired) electrons. The number of anilines is 1. The minimum Gasteiger partial charge on any atom is -0.293 e. The third-order valence-electron chi connectivity index (χ3n) is 3.87. The van der Waals surface area contributed by atoms with Gasteiger partial charge in [0, 0.05) is 28.7 Å². The zero-order valence-corrected chi connectivity index (χ0v) is 14.7. The number of halogens is 1. The van der Waals surface area contributed by atoms with Crippen LogP contribution in [0.2, 0.25) is 0 Å². The van der Waals surface area contributed by atoms with Gasteiger partial charge in [0.15, 0.2) is 5.82 Å². The molecule has 2 aromatic rings. The van der Waals surface area contributed by atoms with Gasteiger partial charge in [-0.05, 0) is 24.6 Å². The second-order valence-corrected chi connectivity index (χ2v) is 8.23. The van der Waals surface area contributed by atoms with Crippen molar-refractivity contribution >= 4 is 37.7 Å². The number of sulfonamides is 1. The maximum Gasteiger partial charge on any atom is 0.229 e. The first-order chi connectivity index (χ1) is 10.8. The van der Waals surface area contributed by atoms with Crippen molar-refractivity contribution in [2.24, 2.45) is 5.14 Å². The van der Waals surface area contributed by atoms with Crippen molar-refractivity contribution in [1.29, 1.82) is 0 Å². The normalized spacial score (nSPS) is 18.7. The van der Waals surface area contributed by atoms with E-state index in [1.807, 2.05) is 31.2 Å². The van der Waals surface area contributed by atoms with Gasteiger partial charge in [0.2, 0.25) is 15.9 Å². The Kier molecular flexibility index (Phi) is 4.03. The summed E-state index contributed by atoms with van der Waals surface area (Å²) >= 11 is 3.38. The summed E-state index contributed by atoms with van der Waals surface area (Å²) in [6.45, 7) is 1.87. The fourth-order valence-electron chi connectivity index (χ4n) is 2.67. The highest BCUT2D eigenvalue weighted by atomic mass is 79.9. The lowest BCUT2D eigenvalue weighted by Gasteiger charge is -2.15. The zero-order valence-electron chi connectivity index (χ0n) is 12.3. The van der Waals surface area contributed by atoms with Crippen LogP contribution >= 0.6 is 15.9 Å². The van der Waals surface area contributed by atoms with Crippen molar-refractivity contribution in [2.45, 2.75) is 18.6 Å². The average Bonchev–Trinajstić information content (AvgIpc) is 3.03. The van der Waals surface area contributed by atoms with Crippen molar-refractivity contribution in [3.05, 3.63) is 34.4 Å². The SMILES string of the molecule is Cc1[nH]nc(N2CC(S(N)(=O)=O)CC2=O)c1-c1ccc(Br)cc1. The number of hydrogen-bond acceptors (Lipinski definition) is 4. The van der Waals surface area contributed by atoms with E-state index in [1.54, 1.807) is 0 Å². The summed E-state index contributed by atoms with van der Waals surface area (Å²) in [6.07, 6.45) is -0.121. The molecule has 1 fully saturated rings. The first kappa shape index (κ1) is 16.2. The van der Waals surface area contributed by atoms with Gasteiger partial charge in [-0.2, -0.15) is 5.10 Å². The third kappa shape index (κ3) is 3.04. The molecule has 3 rings (SSSR count). The largest absolute Gasteiger partial charge is 0.293 e. The van der Waals surface area contributed by atoms with Gasteiger partial charge in [0.05, 0.1) is 0 Å². The summed E-state index contributed by atoms with van der Waals surface area (Å²) in [6, 6.07) is 7.60. The first-order valence-corrected chi connectivity index (χ1v) is 9.30. The summed E-state index contributed by atoms with van der Waals surface area (Å²) in [7, 11) is -3.76. The fourth-order valence-corrected chi connectivity index (χ4v) is 3.67. The molecule has 1 unspecified atom stereocenters. The molecule has 122 valence electrons. The molecular weight excluding hydrogens is 384 g/mol. The Morgan fingerprint density at radius 3 is 2.57 bits per heavy atom. The Morgan fingerprint density at radius 2 is 2.00 bits per heavy atom. The summed E-state index contributed by atoms with van der Waals surface area (Å²) in [5.74, 6) is 0.134. The number of nitrogens with two attached hydrogens (primary N) is 1. The summed E-state index contributed by atoms with van der Waals surface area (Å²) < 4.78 is 24.0. The van der Waals surface area contributed by atoms with Gasteiger partial charge in [0.1, 0.15) is 5.25 Å². The molecule has 1 amide bonds. The molecule has 1 aromatic carbocycles. The van der Waals surface area contributed by atoms with E-state index >= 15 is 0 Å². The molecule has 1 saturated heterocycles. The Bertz CT molecular complexity index is 861. The molecule has 0 bridgehead atoms. The lowest BCUT2D eigenvalue weighted by atomic mass is 10.1. The van der Waals surface area contributed by atoms with E-state index < -0.39 is 15.3 Å². The quantitative estimate of drug-likeness (QED) is 0.816. The van der Waals surface area contributed by atoms with Crippen LogP contribution in [0.5, 0.6) is 0 Å². The zero-order chi connectivity index (χ0) is 16.8. The van der Waals surface area contributed by atoms with E-state index in [0.29, 0.717) is 5.82 Å². The van der Waals surface area contributed by atoms with Gasteiger partial charge >= 0.3 is 0 Å². The van der Waals surface area contributed by atoms with Crippen molar-refractivity contribution in [1.82, 2.24) is 10.2 Å². The van der Waals surface area contributed by atoms with Crippen molar-refractivity contribution in [3.8, 4) is 11.1 Å². The summed E-state index contributed by atoms with van der Waals surface area (Å²) in [5.41, 5.74) is 2.47. The molecule has 0 saturated carbocycles. The van der Waals surface area contributed by atoms with Crippen LogP contribution in [0, 0.1) is 6.92 Å². The molecule has 0 aliphatic carbocycles. The number of nitrogens with zero attached hydrogens (tertiary/aromatic N) is 2. The van der Waals surface area contributed by atoms with Crippen LogP contribution in [0.15, 0.2) is 28.7 Å². The van der Waals surface area contributed by atoms with Gasteiger partial charge in [-0.3, -0.25) is 14.8 Å². The maximum atomic E-state index is 12.2. The Balaban J connectivity index is 2.02. The van der Waals surface area contributed by atoms with E-state index in [4.69, 9.17) is 5.14 Å². The number of H-pyrrole nitrogens is 1. The van der Waals surface area contributed by atoms with Crippen LogP contribution < -0.4 is 10.0 Å². The lowest BCUT2D eigenvalue weighted by molar-refractivity contribution is -0.117. The van der Waals surface area contributed by atoms with Gasteiger partial charge in [-0.1, -0.05) is 28.1 Å². The number of carbonyl (C=O) groups excluding carboxylic acids is 1. The highest BCUT2D eigenvalue weighted by Crippen LogP contribution is 2.35. The predicted molar refractivity (Wildman–Crippen MR) is 90.3 cm³/mol. The van der Waals surface area contributed by atoms with E-state index in [-0.39, 0.29) is 18.9 Å². The Morgan fingerprint density at radius 1 is 1.35 bits per heavy atom. The summed E-state index contributed by atoms with van der Waals surface area (Å²) in [4.78, 5) is 13.6. The molecule has 23 heavy (non-hydrogen) atoms. The molecule has 1 aliphatic heterocycles. The number of benzene rings is 1. The van der Waals surface area contributed by atoms with Crippen LogP contribution in [-0.4, -0.2) is 36.3 Å². The minimum atomic E-state index is -3.76. The second-order valence-electron chi connectivity index (χ2n) is 5.47. The second kappa shape index (κ2) is 5.73. The van der Waals surface area contributed by atoms with E-state index in [1.165, 1.54) is 4.90 Å². The number of amides is 1. The summed E-state index contributed by atoms with van der Waals surface area (Å²) in [5, 5.41) is 11.3. The average molecular weight is 399 g/mol. The molecule has 3 N–H and O–H groups in total. The molecule has 1 aromatic heterocycles. The fraction of sp³-hybridized carbons (Fsp3) is 0.286. The van der Waals surface area contributed by atoms with Gasteiger partial charge in [0.25, 0.3) is 0 Å². The van der Waals surface area contributed by atoms with E-state index in [2.05, 4.69) is 26.1 Å². The van der Waals surface area contributed by atoms with Crippen LogP contribution in [0.4, 0.5) is 5.82 Å². The number of aryl methyl sites for hydroxylation is 1. The molecule has 9 heteroatoms. The molecule has 1 aliphatic rings. The van der Waals surface area contributed by atoms with Crippen LogP contribution in [-0.2, 0) is 14.8 Å². The monoisotopic (exact) mass is 398 g/mol. The molecular formula is C14H15BrN4O3S. The number of carbonyl (C=O) groups is 1. The number of aromatic nitrogens is 2. The predicted octanol–water partition coefficient (Wildman–Crippen LogP) is 1.54. The third-order valence-corrected chi connectivity index (χ3v) is 5.64. The Hall–Kier alpha value is -1.71. The smallest absolute Gasteiger partial charge is 0.229 e. The number of aromatic amines is 1. The van der Waals surface area contributed by atoms with Gasteiger partial charge < -0.3 is 0 Å². The molecule has 2 heterocycles. The lowest BCUT2D eigenvalue weighted by Crippen LogP contribution is -2.32. The highest BCUT2D eigenvalue weighted by Gasteiger charge is 2.39. The first-order valence-electron chi connectivity index (χ1n) is 6.90. The number of rotatable bonds is 3. The van der Waals surface area contributed by atoms with E-state index in [9.17, 15) is 13.2 Å². The highest BCUT2D eigenvalue weighted by molar-refractivity contribution is 9.10. The van der Waals surface area contributed by atoms with Gasteiger partial charge in [-0.15, -0.1) is 0 Å². The Labute approximate surface area is 142 Å². The van der Waals surface area contributed by atoms with Crippen LogP contribution in [0.25, 0.3) is 11.1 Å². The van der Waals surface area contributed by atoms with Crippen LogP contribution in [0.3, 0.4) is 0 Å². The van der Waals surface area contributed by atoms with Gasteiger partial charge in [-0.25, -0.2) is 13.6 Å². The standard InChI is InChI=1S/C14H15BrN4O3S/c1-8-13(9-2-4-10(15)5-3-9)14(18-17-8)19-7-11(6-12(19)20)23(16,21)22/h2-5,11H,6-7H2,1H3,(H,17,18)(H2,16,21,22). The van der Waals surface area contributed by atoms with Crippen molar-refractivity contribution in [2.75, 3.05) is 11.4 Å². The minimum absolute atomic E-state index is 0.0193. The molecule has 0 spiro atoms. The van der Waals surface area contributed by atoms with Crippen molar-refractivity contribution < 1.29 is 13.2 Å². The topological polar surface area (TPSA) is 109 Å². The van der Waals surface area contributed by atoms with Crippen molar-refractivity contribution in [3.63, 3.8) is 0 Å². The number of primary sulfonamides is 1. The number of hydrogen-bond donors (Lipinski definition) is 2. The molecule has 7 nitrogen and oxygen atoms in total. The maximum absolute atomic E-state index is 12.2. The number of nitrogens with one attached hydrogen (secondary N) is 1. The molecule has 1 atom stereocenters. The van der Waals surface area contributed by atoms with Crippen LogP contribution in [0.1, 0.15) is 12.1 Å².